The number of hydrogen-bond donors (Lipinski definition) is 1. The smallest absolute Gasteiger partial charge is 0.337 e. The highest BCUT2D eigenvalue weighted by Crippen LogP contribution is 2.28. The minimum absolute atomic E-state index is 0.0386. The van der Waals surface area contributed by atoms with E-state index in [9.17, 15) is 14.4 Å². The molecule has 18 heavy (non-hydrogen) atoms. The lowest BCUT2D eigenvalue weighted by atomic mass is 10.1. The molecular weight excluding hydrogens is 302 g/mol. The van der Waals surface area contributed by atoms with E-state index in [0.717, 1.165) is 10.5 Å². The van der Waals surface area contributed by atoms with Gasteiger partial charge in [0, 0.05) is 18.2 Å². The molecule has 0 unspecified atom stereocenters. The van der Waals surface area contributed by atoms with E-state index in [1.54, 1.807) is 12.1 Å². The first-order chi connectivity index (χ1) is 8.54. The van der Waals surface area contributed by atoms with E-state index in [2.05, 4.69) is 15.9 Å². The number of halogens is 1. The van der Waals surface area contributed by atoms with E-state index in [1.165, 1.54) is 6.07 Å². The van der Waals surface area contributed by atoms with E-state index in [4.69, 9.17) is 5.11 Å². The standard InChI is InChI=1S/C12H10BrNO4/c13-6-7-1-2-8(12(17)18)9(5-7)14-10(15)3-4-11(14)16/h1-2,5H,3-4,6H2,(H,17,18). The van der Waals surface area contributed by atoms with Crippen LogP contribution in [0.5, 0.6) is 0 Å². The summed E-state index contributed by atoms with van der Waals surface area (Å²) in [5.41, 5.74) is 0.928. The van der Waals surface area contributed by atoms with Crippen molar-refractivity contribution < 1.29 is 19.5 Å². The zero-order chi connectivity index (χ0) is 13.3. The number of carbonyl (C=O) groups excluding carboxylic acids is 2. The molecule has 1 heterocycles. The predicted molar refractivity (Wildman–Crippen MR) is 67.8 cm³/mol. The molecule has 0 aromatic heterocycles. The molecule has 1 aliphatic rings. The fourth-order valence-electron chi connectivity index (χ4n) is 1.87. The Labute approximate surface area is 112 Å². The van der Waals surface area contributed by atoms with Gasteiger partial charge in [0.25, 0.3) is 0 Å². The fraction of sp³-hybridized carbons (Fsp3) is 0.250. The molecule has 2 amide bonds. The summed E-state index contributed by atoms with van der Waals surface area (Å²) in [6, 6.07) is 4.61. The van der Waals surface area contributed by atoms with Gasteiger partial charge in [-0.15, -0.1) is 0 Å². The molecule has 6 heteroatoms. The van der Waals surface area contributed by atoms with Crippen LogP contribution in [-0.2, 0) is 14.9 Å². The number of amides is 2. The summed E-state index contributed by atoms with van der Waals surface area (Å²) in [7, 11) is 0. The van der Waals surface area contributed by atoms with Crippen LogP contribution < -0.4 is 4.90 Å². The van der Waals surface area contributed by atoms with Gasteiger partial charge >= 0.3 is 5.97 Å². The third kappa shape index (κ3) is 2.15. The van der Waals surface area contributed by atoms with Gasteiger partial charge in [0.15, 0.2) is 0 Å². The number of carboxylic acids is 1. The van der Waals surface area contributed by atoms with Crippen LogP contribution in [0.25, 0.3) is 0 Å². The van der Waals surface area contributed by atoms with Crippen molar-refractivity contribution in [1.82, 2.24) is 0 Å². The summed E-state index contributed by atoms with van der Waals surface area (Å²) < 4.78 is 0. The van der Waals surface area contributed by atoms with Crippen molar-refractivity contribution in [2.24, 2.45) is 0 Å². The Morgan fingerprint density at radius 3 is 2.39 bits per heavy atom. The quantitative estimate of drug-likeness (QED) is 0.683. The number of benzene rings is 1. The fourth-order valence-corrected chi connectivity index (χ4v) is 2.22. The first-order valence-electron chi connectivity index (χ1n) is 5.32. The first-order valence-corrected chi connectivity index (χ1v) is 6.44. The summed E-state index contributed by atoms with van der Waals surface area (Å²) >= 11 is 3.26. The molecule has 5 nitrogen and oxygen atoms in total. The second kappa shape index (κ2) is 4.89. The Bertz CT molecular complexity index is 525. The summed E-state index contributed by atoms with van der Waals surface area (Å²) in [6.45, 7) is 0. The molecule has 2 rings (SSSR count). The van der Waals surface area contributed by atoms with E-state index >= 15 is 0 Å². The van der Waals surface area contributed by atoms with Gasteiger partial charge in [-0.3, -0.25) is 9.59 Å². The van der Waals surface area contributed by atoms with E-state index in [-0.39, 0.29) is 35.9 Å². The number of carboxylic acid groups (broad SMARTS) is 1. The monoisotopic (exact) mass is 311 g/mol. The van der Waals surface area contributed by atoms with Gasteiger partial charge in [0.05, 0.1) is 11.3 Å². The molecule has 1 N–H and O–H groups in total. The van der Waals surface area contributed by atoms with Crippen LogP contribution in [0.15, 0.2) is 18.2 Å². The Morgan fingerprint density at radius 2 is 1.89 bits per heavy atom. The number of anilines is 1. The summed E-state index contributed by atoms with van der Waals surface area (Å²) in [6.07, 6.45) is 0.271. The third-order valence-corrected chi connectivity index (χ3v) is 3.39. The van der Waals surface area contributed by atoms with Crippen LogP contribution in [0.4, 0.5) is 5.69 Å². The maximum absolute atomic E-state index is 11.7. The molecule has 0 radical (unpaired) electrons. The minimum Gasteiger partial charge on any atom is -0.478 e. The summed E-state index contributed by atoms with van der Waals surface area (Å²) in [4.78, 5) is 35.4. The summed E-state index contributed by atoms with van der Waals surface area (Å²) in [5, 5.41) is 9.63. The molecule has 0 atom stereocenters. The van der Waals surface area contributed by atoms with Gasteiger partial charge in [-0.25, -0.2) is 9.69 Å². The number of aromatic carboxylic acids is 1. The lowest BCUT2D eigenvalue weighted by Gasteiger charge is -2.17. The third-order valence-electron chi connectivity index (χ3n) is 2.74. The topological polar surface area (TPSA) is 74.7 Å². The average Bonchev–Trinajstić information content (AvgIpc) is 2.68. The van der Waals surface area contributed by atoms with Crippen molar-refractivity contribution in [3.63, 3.8) is 0 Å². The minimum atomic E-state index is -1.15. The SMILES string of the molecule is O=C(O)c1ccc(CBr)cc1N1C(=O)CCC1=O. The van der Waals surface area contributed by atoms with Crippen LogP contribution >= 0.6 is 15.9 Å². The highest BCUT2D eigenvalue weighted by atomic mass is 79.9. The Balaban J connectivity index is 2.56. The molecule has 1 aliphatic heterocycles. The van der Waals surface area contributed by atoms with Gasteiger partial charge in [-0.2, -0.15) is 0 Å². The number of imide groups is 1. The molecule has 0 spiro atoms. The number of hydrogen-bond acceptors (Lipinski definition) is 3. The first kappa shape index (κ1) is 12.8. The van der Waals surface area contributed by atoms with Crippen LogP contribution in [-0.4, -0.2) is 22.9 Å². The molecule has 1 aromatic carbocycles. The van der Waals surface area contributed by atoms with Crippen LogP contribution in [0.2, 0.25) is 0 Å². The number of rotatable bonds is 3. The van der Waals surface area contributed by atoms with Crippen LogP contribution in [0.3, 0.4) is 0 Å². The number of alkyl halides is 1. The van der Waals surface area contributed by atoms with E-state index in [1.807, 2.05) is 0 Å². The molecule has 94 valence electrons. The van der Waals surface area contributed by atoms with Crippen molar-refractivity contribution in [2.75, 3.05) is 4.90 Å². The van der Waals surface area contributed by atoms with Crippen molar-refractivity contribution in [3.8, 4) is 0 Å². The number of carbonyl (C=O) groups is 3. The lowest BCUT2D eigenvalue weighted by molar-refractivity contribution is -0.121. The lowest BCUT2D eigenvalue weighted by Crippen LogP contribution is -2.30. The molecule has 0 saturated carbocycles. The molecule has 0 bridgehead atoms. The van der Waals surface area contributed by atoms with Crippen molar-refractivity contribution >= 4 is 39.4 Å². The highest BCUT2D eigenvalue weighted by molar-refractivity contribution is 9.08. The Morgan fingerprint density at radius 1 is 1.28 bits per heavy atom. The number of nitrogens with zero attached hydrogens (tertiary/aromatic N) is 1. The van der Waals surface area contributed by atoms with Gasteiger partial charge in [0.1, 0.15) is 0 Å². The Hall–Kier alpha value is -1.69. The predicted octanol–water partition coefficient (Wildman–Crippen LogP) is 1.93. The summed E-state index contributed by atoms with van der Waals surface area (Å²) in [5.74, 6) is -1.86. The van der Waals surface area contributed by atoms with Crippen molar-refractivity contribution in [2.45, 2.75) is 18.2 Å². The normalized spacial score (nSPS) is 15.3. The van der Waals surface area contributed by atoms with Crippen molar-refractivity contribution in [1.29, 1.82) is 0 Å². The average molecular weight is 312 g/mol. The maximum atomic E-state index is 11.7. The van der Waals surface area contributed by atoms with Gasteiger partial charge < -0.3 is 5.11 Å². The molecule has 1 aromatic rings. The second-order valence-corrected chi connectivity index (χ2v) is 4.47. The van der Waals surface area contributed by atoms with E-state index < -0.39 is 5.97 Å². The molecular formula is C12H10BrNO4. The maximum Gasteiger partial charge on any atom is 0.337 e. The van der Waals surface area contributed by atoms with Crippen LogP contribution in [0, 0.1) is 0 Å². The second-order valence-electron chi connectivity index (χ2n) is 3.91. The molecule has 1 fully saturated rings. The zero-order valence-electron chi connectivity index (χ0n) is 9.35. The van der Waals surface area contributed by atoms with Gasteiger partial charge in [-0.05, 0) is 17.7 Å². The van der Waals surface area contributed by atoms with Crippen LogP contribution in [0.1, 0.15) is 28.8 Å². The highest BCUT2D eigenvalue weighted by Gasteiger charge is 2.33. The largest absolute Gasteiger partial charge is 0.478 e. The van der Waals surface area contributed by atoms with Crippen molar-refractivity contribution in [3.05, 3.63) is 29.3 Å². The molecule has 0 aliphatic carbocycles. The van der Waals surface area contributed by atoms with Gasteiger partial charge in [0.2, 0.25) is 11.8 Å². The zero-order valence-corrected chi connectivity index (χ0v) is 10.9. The Kier molecular flexibility index (Phi) is 3.47. The molecule has 1 saturated heterocycles. The van der Waals surface area contributed by atoms with Gasteiger partial charge in [-0.1, -0.05) is 22.0 Å². The van der Waals surface area contributed by atoms with E-state index in [0.29, 0.717) is 5.33 Å².